The van der Waals surface area contributed by atoms with Crippen molar-refractivity contribution in [3.05, 3.63) is 72.6 Å². The summed E-state index contributed by atoms with van der Waals surface area (Å²) in [5.41, 5.74) is 3.73. The van der Waals surface area contributed by atoms with E-state index in [4.69, 9.17) is 14.7 Å². The van der Waals surface area contributed by atoms with Crippen molar-refractivity contribution in [1.82, 2.24) is 24.4 Å². The van der Waals surface area contributed by atoms with E-state index in [-0.39, 0.29) is 0 Å². The molecule has 0 atom stereocenters. The molecular weight excluding hydrogens is 402 g/mol. The van der Waals surface area contributed by atoms with Crippen LogP contribution >= 0.6 is 0 Å². The van der Waals surface area contributed by atoms with Gasteiger partial charge in [-0.3, -0.25) is 9.47 Å². The van der Waals surface area contributed by atoms with Crippen molar-refractivity contribution < 1.29 is 4.74 Å². The van der Waals surface area contributed by atoms with Crippen molar-refractivity contribution in [2.45, 2.75) is 6.54 Å². The van der Waals surface area contributed by atoms with Crippen molar-refractivity contribution in [3.8, 4) is 5.69 Å². The van der Waals surface area contributed by atoms with Crippen molar-refractivity contribution in [2.24, 2.45) is 0 Å². The zero-order valence-corrected chi connectivity index (χ0v) is 17.9. The first-order chi connectivity index (χ1) is 15.9. The minimum absolute atomic E-state index is 0.596. The number of morpholine rings is 1. The Morgan fingerprint density at radius 2 is 1.62 bits per heavy atom. The molecule has 0 spiro atoms. The molecule has 2 aromatic carbocycles. The van der Waals surface area contributed by atoms with Crippen LogP contribution in [0, 0.1) is 0 Å². The van der Waals surface area contributed by atoms with Gasteiger partial charge in [0, 0.05) is 38.4 Å². The van der Waals surface area contributed by atoms with Crippen molar-refractivity contribution in [1.29, 1.82) is 0 Å². The fourth-order valence-corrected chi connectivity index (χ4v) is 3.81. The standard InChI is InChI=1S/C24H27N7O/c1-3-7-19(8-4-1)17-26-22-21-23(31(18-27-21)20-9-5-2-6-10-20)29-24(28-22)25-11-12-30-13-15-32-16-14-30/h1-10,18H,11-17H2,(H2,25,26,28,29). The zero-order chi connectivity index (χ0) is 21.6. The van der Waals surface area contributed by atoms with E-state index < -0.39 is 0 Å². The Balaban J connectivity index is 1.41. The van der Waals surface area contributed by atoms with E-state index in [9.17, 15) is 0 Å². The lowest BCUT2D eigenvalue weighted by Gasteiger charge is -2.26. The SMILES string of the molecule is c1ccc(CNc2nc(NCCN3CCOCC3)nc3c2ncn3-c2ccccc2)cc1. The number of ether oxygens (including phenoxy) is 1. The molecule has 0 saturated carbocycles. The summed E-state index contributed by atoms with van der Waals surface area (Å²) in [6.07, 6.45) is 1.81. The minimum atomic E-state index is 0.596. The number of anilines is 2. The fourth-order valence-electron chi connectivity index (χ4n) is 3.81. The Morgan fingerprint density at radius 3 is 2.41 bits per heavy atom. The Hall–Kier alpha value is -3.49. The van der Waals surface area contributed by atoms with Crippen molar-refractivity contribution in [3.63, 3.8) is 0 Å². The molecule has 32 heavy (non-hydrogen) atoms. The zero-order valence-electron chi connectivity index (χ0n) is 17.9. The predicted octanol–water partition coefficient (Wildman–Crippen LogP) is 3.17. The maximum atomic E-state index is 5.43. The number of aromatic nitrogens is 4. The summed E-state index contributed by atoms with van der Waals surface area (Å²) in [6, 6.07) is 20.4. The molecule has 5 rings (SSSR count). The number of nitrogens with one attached hydrogen (secondary N) is 2. The lowest BCUT2D eigenvalue weighted by Crippen LogP contribution is -2.39. The number of benzene rings is 2. The van der Waals surface area contributed by atoms with Crippen LogP contribution in [-0.2, 0) is 11.3 Å². The van der Waals surface area contributed by atoms with Gasteiger partial charge in [-0.1, -0.05) is 48.5 Å². The molecule has 1 aliphatic rings. The second-order valence-electron chi connectivity index (χ2n) is 7.74. The van der Waals surface area contributed by atoms with Gasteiger partial charge in [-0.2, -0.15) is 9.97 Å². The van der Waals surface area contributed by atoms with Crippen molar-refractivity contribution >= 4 is 22.9 Å². The van der Waals surface area contributed by atoms with Crippen LogP contribution in [0.2, 0.25) is 0 Å². The highest BCUT2D eigenvalue weighted by molar-refractivity contribution is 5.85. The van der Waals surface area contributed by atoms with Gasteiger partial charge in [0.25, 0.3) is 0 Å². The summed E-state index contributed by atoms with van der Waals surface area (Å²) in [5.74, 6) is 1.32. The Labute approximate surface area is 187 Å². The monoisotopic (exact) mass is 429 g/mol. The lowest BCUT2D eigenvalue weighted by molar-refractivity contribution is 0.0398. The second kappa shape index (κ2) is 9.76. The summed E-state index contributed by atoms with van der Waals surface area (Å²) in [4.78, 5) is 16.6. The van der Waals surface area contributed by atoms with Gasteiger partial charge in [0.05, 0.1) is 13.2 Å². The number of imidazole rings is 1. The van der Waals surface area contributed by atoms with Crippen molar-refractivity contribution in [2.75, 3.05) is 50.0 Å². The fraction of sp³-hybridized carbons (Fsp3) is 0.292. The van der Waals surface area contributed by atoms with Gasteiger partial charge in [-0.05, 0) is 17.7 Å². The molecule has 3 heterocycles. The third-order valence-corrected chi connectivity index (χ3v) is 5.55. The summed E-state index contributed by atoms with van der Waals surface area (Å²) in [5, 5.41) is 6.86. The molecule has 1 saturated heterocycles. The topological polar surface area (TPSA) is 80.1 Å². The maximum Gasteiger partial charge on any atom is 0.226 e. The van der Waals surface area contributed by atoms with Gasteiger partial charge >= 0.3 is 0 Å². The summed E-state index contributed by atoms with van der Waals surface area (Å²) in [7, 11) is 0. The highest BCUT2D eigenvalue weighted by Gasteiger charge is 2.15. The smallest absolute Gasteiger partial charge is 0.226 e. The van der Waals surface area contributed by atoms with E-state index in [2.05, 4.69) is 32.7 Å². The molecular formula is C24H27N7O. The molecule has 1 aliphatic heterocycles. The first-order valence-corrected chi connectivity index (χ1v) is 11.0. The van der Waals surface area contributed by atoms with Crippen LogP contribution in [0.5, 0.6) is 0 Å². The van der Waals surface area contributed by atoms with Gasteiger partial charge in [0.1, 0.15) is 6.33 Å². The van der Waals surface area contributed by atoms with E-state index in [1.165, 1.54) is 5.56 Å². The molecule has 2 aromatic heterocycles. The number of nitrogens with zero attached hydrogens (tertiary/aromatic N) is 5. The number of para-hydroxylation sites is 1. The van der Waals surface area contributed by atoms with Gasteiger partial charge in [0.2, 0.25) is 5.95 Å². The molecule has 0 bridgehead atoms. The molecule has 8 nitrogen and oxygen atoms in total. The largest absolute Gasteiger partial charge is 0.379 e. The van der Waals surface area contributed by atoms with E-state index in [0.717, 1.165) is 62.1 Å². The Morgan fingerprint density at radius 1 is 0.875 bits per heavy atom. The molecule has 0 unspecified atom stereocenters. The molecule has 8 heteroatoms. The van der Waals surface area contributed by atoms with E-state index in [0.29, 0.717) is 12.5 Å². The molecule has 0 radical (unpaired) electrons. The molecule has 164 valence electrons. The van der Waals surface area contributed by atoms with Gasteiger partial charge in [0.15, 0.2) is 17.0 Å². The van der Waals surface area contributed by atoms with E-state index in [1.807, 2.05) is 53.1 Å². The average molecular weight is 430 g/mol. The van der Waals surface area contributed by atoms with Crippen LogP contribution < -0.4 is 10.6 Å². The first kappa shape index (κ1) is 20.4. The predicted molar refractivity (Wildman–Crippen MR) is 126 cm³/mol. The van der Waals surface area contributed by atoms with Gasteiger partial charge in [-0.15, -0.1) is 0 Å². The summed E-state index contributed by atoms with van der Waals surface area (Å²) < 4.78 is 7.43. The Bertz CT molecular complexity index is 1140. The van der Waals surface area contributed by atoms with E-state index >= 15 is 0 Å². The quantitative estimate of drug-likeness (QED) is 0.445. The molecule has 1 fully saturated rings. The highest BCUT2D eigenvalue weighted by atomic mass is 16.5. The van der Waals surface area contributed by atoms with Crippen LogP contribution in [-0.4, -0.2) is 63.8 Å². The average Bonchev–Trinajstić information content (AvgIpc) is 3.29. The normalized spacial score (nSPS) is 14.5. The van der Waals surface area contributed by atoms with Crippen LogP contribution in [0.15, 0.2) is 67.0 Å². The molecule has 0 aliphatic carbocycles. The van der Waals surface area contributed by atoms with Gasteiger partial charge in [-0.25, -0.2) is 4.98 Å². The first-order valence-electron chi connectivity index (χ1n) is 11.0. The van der Waals surface area contributed by atoms with Gasteiger partial charge < -0.3 is 15.4 Å². The Kier molecular flexibility index (Phi) is 6.23. The highest BCUT2D eigenvalue weighted by Crippen LogP contribution is 2.24. The number of hydrogen-bond acceptors (Lipinski definition) is 7. The third-order valence-electron chi connectivity index (χ3n) is 5.55. The number of rotatable bonds is 8. The van der Waals surface area contributed by atoms with Crippen LogP contribution in [0.3, 0.4) is 0 Å². The van der Waals surface area contributed by atoms with Crippen LogP contribution in [0.1, 0.15) is 5.56 Å². The summed E-state index contributed by atoms with van der Waals surface area (Å²) >= 11 is 0. The lowest BCUT2D eigenvalue weighted by atomic mass is 10.2. The molecule has 0 amide bonds. The summed E-state index contributed by atoms with van der Waals surface area (Å²) in [6.45, 7) is 5.88. The molecule has 2 N–H and O–H groups in total. The number of hydrogen-bond donors (Lipinski definition) is 2. The third kappa shape index (κ3) is 4.71. The maximum absolute atomic E-state index is 5.43. The van der Waals surface area contributed by atoms with E-state index in [1.54, 1.807) is 6.33 Å². The molecule has 4 aromatic rings. The second-order valence-corrected chi connectivity index (χ2v) is 7.74. The van der Waals surface area contributed by atoms with Crippen LogP contribution in [0.25, 0.3) is 16.9 Å². The minimum Gasteiger partial charge on any atom is -0.379 e. The number of fused-ring (bicyclic) bond motifs is 1. The van der Waals surface area contributed by atoms with Crippen LogP contribution in [0.4, 0.5) is 11.8 Å².